The van der Waals surface area contributed by atoms with Crippen molar-refractivity contribution in [2.24, 2.45) is 5.92 Å². The van der Waals surface area contributed by atoms with Gasteiger partial charge in [-0.25, -0.2) is 14.5 Å². The standard InChI is InChI=1S/C29H27ClF2N8O2.C2HF3O2/c1-3-39-26-18(13-35-39)9-19(30)11-20(26)21-12-25(41)38(15-34-21)24-6-4-5-16(2)28(42)37-23-14-36-40(29(31)32)27(23)17-7-8-33-22(24)10-17;3-2(4,5)1(6)7/h7-16,24,29H,3-6H2,1-2H3,(H,37,42);(H,6,7)/t16-,24+;/m1./s1. The summed E-state index contributed by atoms with van der Waals surface area (Å²) in [4.78, 5) is 44.6. The molecule has 0 fully saturated rings. The number of carboxylic acids is 1. The molecule has 258 valence electrons. The number of fused-ring (bicyclic) bond motifs is 5. The number of carboxylic acid groups (broad SMARTS) is 1. The fraction of sp³-hybridized carbons (Fsp3) is 0.323. The number of pyridine rings is 1. The zero-order chi connectivity index (χ0) is 35.6. The van der Waals surface area contributed by atoms with E-state index < -0.39 is 30.7 Å². The van der Waals surface area contributed by atoms with E-state index in [9.17, 15) is 31.5 Å². The predicted molar refractivity (Wildman–Crippen MR) is 168 cm³/mol. The first kappa shape index (κ1) is 35.1. The van der Waals surface area contributed by atoms with Gasteiger partial charge in [0.15, 0.2) is 0 Å². The molecule has 2 bridgehead atoms. The number of rotatable bonds is 4. The minimum Gasteiger partial charge on any atom is -0.475 e. The number of amides is 1. The summed E-state index contributed by atoms with van der Waals surface area (Å²) in [5.74, 6) is -3.45. The number of benzene rings is 1. The van der Waals surface area contributed by atoms with Crippen LogP contribution in [0.2, 0.25) is 5.02 Å². The molecule has 1 aromatic carbocycles. The molecule has 49 heavy (non-hydrogen) atoms. The van der Waals surface area contributed by atoms with E-state index in [0.717, 1.165) is 10.9 Å². The Labute approximate surface area is 279 Å². The van der Waals surface area contributed by atoms with Crippen molar-refractivity contribution in [2.75, 3.05) is 5.32 Å². The molecule has 2 atom stereocenters. The van der Waals surface area contributed by atoms with Gasteiger partial charge in [-0.1, -0.05) is 24.9 Å². The maximum atomic E-state index is 13.9. The summed E-state index contributed by atoms with van der Waals surface area (Å²) in [5, 5.41) is 19.5. The molecule has 2 N–H and O–H groups in total. The first-order valence-corrected chi connectivity index (χ1v) is 15.2. The van der Waals surface area contributed by atoms with Crippen LogP contribution in [0.5, 0.6) is 0 Å². The number of aryl methyl sites for hydroxylation is 1. The molecular weight excluding hydrogens is 679 g/mol. The highest BCUT2D eigenvalue weighted by molar-refractivity contribution is 6.31. The third-order valence-corrected chi connectivity index (χ3v) is 8.10. The molecule has 0 spiro atoms. The zero-order valence-electron chi connectivity index (χ0n) is 25.8. The topological polar surface area (TPSA) is 150 Å². The van der Waals surface area contributed by atoms with Crippen molar-refractivity contribution in [3.63, 3.8) is 0 Å². The van der Waals surface area contributed by atoms with Gasteiger partial charge in [-0.15, -0.1) is 0 Å². The molecule has 12 nitrogen and oxygen atoms in total. The number of carbonyl (C=O) groups is 2. The summed E-state index contributed by atoms with van der Waals surface area (Å²) < 4.78 is 63.4. The third kappa shape index (κ3) is 7.45. The summed E-state index contributed by atoms with van der Waals surface area (Å²) in [6.07, 6.45) is 2.44. The van der Waals surface area contributed by atoms with Crippen LogP contribution < -0.4 is 10.9 Å². The van der Waals surface area contributed by atoms with Crippen LogP contribution in [-0.2, 0) is 16.1 Å². The second-order valence-electron chi connectivity index (χ2n) is 11.1. The highest BCUT2D eigenvalue weighted by Gasteiger charge is 2.38. The lowest BCUT2D eigenvalue weighted by atomic mass is 9.97. The Hall–Kier alpha value is -5.19. The van der Waals surface area contributed by atoms with Crippen LogP contribution in [0.4, 0.5) is 27.6 Å². The van der Waals surface area contributed by atoms with Crippen molar-refractivity contribution in [2.45, 2.75) is 58.4 Å². The lowest BCUT2D eigenvalue weighted by Crippen LogP contribution is -2.27. The number of anilines is 1. The summed E-state index contributed by atoms with van der Waals surface area (Å²) in [7, 11) is 0. The molecule has 0 saturated carbocycles. The van der Waals surface area contributed by atoms with Gasteiger partial charge in [0, 0.05) is 46.3 Å². The van der Waals surface area contributed by atoms with Crippen LogP contribution in [0, 0.1) is 5.92 Å². The number of aromatic nitrogens is 7. The van der Waals surface area contributed by atoms with Gasteiger partial charge in [0.05, 0.1) is 53.0 Å². The number of hydrogen-bond acceptors (Lipinski definition) is 7. The van der Waals surface area contributed by atoms with Crippen LogP contribution in [0.15, 0.2) is 60.0 Å². The van der Waals surface area contributed by atoms with E-state index in [1.807, 2.05) is 17.7 Å². The Morgan fingerprint density at radius 1 is 1.10 bits per heavy atom. The molecule has 0 radical (unpaired) electrons. The molecule has 1 amide bonds. The fourth-order valence-electron chi connectivity index (χ4n) is 5.52. The van der Waals surface area contributed by atoms with Crippen LogP contribution in [-0.4, -0.2) is 57.3 Å². The number of alkyl halides is 5. The summed E-state index contributed by atoms with van der Waals surface area (Å²) >= 11 is 6.39. The van der Waals surface area contributed by atoms with Gasteiger partial charge in [-0.05, 0) is 44.0 Å². The van der Waals surface area contributed by atoms with E-state index in [0.29, 0.717) is 58.0 Å². The van der Waals surface area contributed by atoms with Crippen molar-refractivity contribution in [1.29, 1.82) is 0 Å². The smallest absolute Gasteiger partial charge is 0.475 e. The average molecular weight is 707 g/mol. The molecule has 1 aliphatic heterocycles. The molecule has 0 aliphatic carbocycles. The highest BCUT2D eigenvalue weighted by Crippen LogP contribution is 2.35. The quantitative estimate of drug-likeness (QED) is 0.199. The van der Waals surface area contributed by atoms with Gasteiger partial charge in [0.1, 0.15) is 0 Å². The number of carbonyl (C=O) groups excluding carboxylic acids is 1. The van der Waals surface area contributed by atoms with Gasteiger partial charge in [0.2, 0.25) is 5.91 Å². The van der Waals surface area contributed by atoms with Gasteiger partial charge >= 0.3 is 18.7 Å². The SMILES string of the molecule is CCn1ncc2cc(Cl)cc(-c3cc(=O)n([C@H]4CCC[C@@H](C)C(=O)Nc5cnn(C(F)F)c5-c5ccnc4c5)cn3)c21.O=C(O)C(F)(F)F. The monoisotopic (exact) mass is 706 g/mol. The first-order valence-electron chi connectivity index (χ1n) is 14.9. The highest BCUT2D eigenvalue weighted by atomic mass is 35.5. The van der Waals surface area contributed by atoms with Gasteiger partial charge in [-0.2, -0.15) is 32.1 Å². The van der Waals surface area contributed by atoms with E-state index in [-0.39, 0.29) is 22.8 Å². The Balaban J connectivity index is 0.000000606. The number of halogens is 6. The van der Waals surface area contributed by atoms with E-state index in [4.69, 9.17) is 21.5 Å². The van der Waals surface area contributed by atoms with E-state index in [1.54, 1.807) is 31.3 Å². The summed E-state index contributed by atoms with van der Waals surface area (Å²) in [5.41, 5.74) is 2.78. The van der Waals surface area contributed by atoms with Gasteiger partial charge in [-0.3, -0.25) is 23.8 Å². The van der Waals surface area contributed by atoms with Gasteiger partial charge in [0.25, 0.3) is 5.56 Å². The van der Waals surface area contributed by atoms with Crippen LogP contribution in [0.3, 0.4) is 0 Å². The Bertz CT molecular complexity index is 2080. The minimum atomic E-state index is -5.08. The Kier molecular flexibility index (Phi) is 10.1. The summed E-state index contributed by atoms with van der Waals surface area (Å²) in [6.45, 7) is 1.45. The minimum absolute atomic E-state index is 0.0619. The van der Waals surface area contributed by atoms with Crippen molar-refractivity contribution in [1.82, 2.24) is 34.1 Å². The first-order chi connectivity index (χ1) is 23.2. The molecule has 5 heterocycles. The number of nitrogens with zero attached hydrogens (tertiary/aromatic N) is 7. The average Bonchev–Trinajstić information content (AvgIpc) is 3.66. The largest absolute Gasteiger partial charge is 0.490 e. The Morgan fingerprint density at radius 2 is 1.84 bits per heavy atom. The normalized spacial score (nSPS) is 16.6. The van der Waals surface area contributed by atoms with Crippen molar-refractivity contribution in [3.8, 4) is 22.5 Å². The molecular formula is C31H28ClF5N8O4. The van der Waals surface area contributed by atoms with E-state index >= 15 is 0 Å². The van der Waals surface area contributed by atoms with Crippen LogP contribution in [0.25, 0.3) is 33.4 Å². The van der Waals surface area contributed by atoms with Crippen molar-refractivity contribution in [3.05, 3.63) is 76.3 Å². The molecule has 4 aromatic heterocycles. The number of aliphatic carboxylic acids is 1. The molecule has 0 saturated heterocycles. The second-order valence-corrected chi connectivity index (χ2v) is 11.5. The molecule has 0 unspecified atom stereocenters. The molecule has 6 rings (SSSR count). The van der Waals surface area contributed by atoms with E-state index in [1.165, 1.54) is 29.4 Å². The molecule has 18 heteroatoms. The lowest BCUT2D eigenvalue weighted by molar-refractivity contribution is -0.192. The maximum Gasteiger partial charge on any atom is 0.490 e. The number of nitrogens with one attached hydrogen (secondary N) is 1. The second kappa shape index (κ2) is 14.1. The van der Waals surface area contributed by atoms with Crippen molar-refractivity contribution >= 4 is 40.1 Å². The van der Waals surface area contributed by atoms with Crippen LogP contribution >= 0.6 is 11.6 Å². The zero-order valence-corrected chi connectivity index (χ0v) is 26.6. The fourth-order valence-corrected chi connectivity index (χ4v) is 5.75. The number of hydrogen-bond donors (Lipinski definition) is 2. The third-order valence-electron chi connectivity index (χ3n) is 7.88. The predicted octanol–water partition coefficient (Wildman–Crippen LogP) is 6.57. The lowest BCUT2D eigenvalue weighted by Gasteiger charge is -2.22. The van der Waals surface area contributed by atoms with Crippen LogP contribution in [0.1, 0.15) is 51.4 Å². The Morgan fingerprint density at radius 3 is 2.49 bits per heavy atom. The maximum absolute atomic E-state index is 13.9. The molecule has 5 aromatic rings. The van der Waals surface area contributed by atoms with E-state index in [2.05, 4.69) is 25.5 Å². The summed E-state index contributed by atoms with van der Waals surface area (Å²) in [6, 6.07) is 7.71. The van der Waals surface area contributed by atoms with Crippen molar-refractivity contribution < 1.29 is 36.6 Å². The van der Waals surface area contributed by atoms with Gasteiger partial charge < -0.3 is 10.4 Å². The molecule has 1 aliphatic rings.